The smallest absolute Gasteiger partial charge is 0.335 e. The fraction of sp³-hybridized carbons (Fsp3) is 0.529. The van der Waals surface area contributed by atoms with E-state index < -0.39 is 16.6 Å². The number of piperidine rings is 1. The molecule has 0 radical (unpaired) electrons. The van der Waals surface area contributed by atoms with Gasteiger partial charge in [-0.3, -0.25) is 14.9 Å². The van der Waals surface area contributed by atoms with Crippen LogP contribution in [-0.4, -0.2) is 52.6 Å². The lowest BCUT2D eigenvalue weighted by Gasteiger charge is -2.34. The van der Waals surface area contributed by atoms with Crippen molar-refractivity contribution in [3.05, 3.63) is 39.4 Å². The number of rotatable bonds is 4. The van der Waals surface area contributed by atoms with Gasteiger partial charge in [-0.15, -0.1) is 0 Å². The quantitative estimate of drug-likeness (QED) is 0.660. The number of likely N-dealkylation sites (tertiary alicyclic amines) is 1. The molecular formula is C17H20N2O6. The van der Waals surface area contributed by atoms with Crippen LogP contribution in [0.25, 0.3) is 0 Å². The summed E-state index contributed by atoms with van der Waals surface area (Å²) in [4.78, 5) is 35.8. The molecule has 1 unspecified atom stereocenters. The van der Waals surface area contributed by atoms with Crippen LogP contribution in [0.4, 0.5) is 5.69 Å². The Morgan fingerprint density at radius 3 is 2.40 bits per heavy atom. The summed E-state index contributed by atoms with van der Waals surface area (Å²) >= 11 is 0. The molecule has 2 heterocycles. The van der Waals surface area contributed by atoms with Crippen molar-refractivity contribution in [3.63, 3.8) is 0 Å². The SMILES string of the molecule is O=C(O)c1cc(C(=O)N2CCC(C3CCCO3)CC2)cc([N+](=O)[O-])c1. The second-order valence-electron chi connectivity index (χ2n) is 6.51. The summed E-state index contributed by atoms with van der Waals surface area (Å²) in [6.07, 6.45) is 4.07. The molecule has 0 spiro atoms. The van der Waals surface area contributed by atoms with Crippen LogP contribution >= 0.6 is 0 Å². The van der Waals surface area contributed by atoms with Gasteiger partial charge in [-0.05, 0) is 37.7 Å². The summed E-state index contributed by atoms with van der Waals surface area (Å²) in [5, 5.41) is 20.1. The maximum atomic E-state index is 12.7. The van der Waals surface area contributed by atoms with Crippen molar-refractivity contribution in [1.29, 1.82) is 0 Å². The van der Waals surface area contributed by atoms with Crippen LogP contribution in [0.5, 0.6) is 0 Å². The van der Waals surface area contributed by atoms with E-state index in [1.54, 1.807) is 4.90 Å². The van der Waals surface area contributed by atoms with Gasteiger partial charge in [-0.25, -0.2) is 4.79 Å². The van der Waals surface area contributed by atoms with Crippen LogP contribution in [-0.2, 0) is 4.74 Å². The molecule has 0 saturated carbocycles. The number of aromatic carboxylic acids is 1. The number of carbonyl (C=O) groups excluding carboxylic acids is 1. The highest BCUT2D eigenvalue weighted by atomic mass is 16.6. The Kier molecular flexibility index (Phi) is 4.98. The third-order valence-electron chi connectivity index (χ3n) is 4.94. The van der Waals surface area contributed by atoms with Crippen molar-refractivity contribution >= 4 is 17.6 Å². The number of benzene rings is 1. The number of nitro benzene ring substituents is 1. The Balaban J connectivity index is 1.72. The molecule has 1 amide bonds. The Labute approximate surface area is 144 Å². The fourth-order valence-corrected chi connectivity index (χ4v) is 3.59. The summed E-state index contributed by atoms with van der Waals surface area (Å²) in [5.74, 6) is -1.22. The minimum absolute atomic E-state index is 0.0437. The lowest BCUT2D eigenvalue weighted by Crippen LogP contribution is -2.41. The van der Waals surface area contributed by atoms with E-state index in [2.05, 4.69) is 0 Å². The molecule has 25 heavy (non-hydrogen) atoms. The van der Waals surface area contributed by atoms with E-state index in [-0.39, 0.29) is 23.1 Å². The highest BCUT2D eigenvalue weighted by Crippen LogP contribution is 2.29. The molecule has 0 aliphatic carbocycles. The van der Waals surface area contributed by atoms with Crippen molar-refractivity contribution < 1.29 is 24.4 Å². The second kappa shape index (κ2) is 7.18. The van der Waals surface area contributed by atoms with Gasteiger partial charge in [0.2, 0.25) is 0 Å². The number of non-ortho nitro benzene ring substituents is 1. The topological polar surface area (TPSA) is 110 Å². The summed E-state index contributed by atoms with van der Waals surface area (Å²) in [5.41, 5.74) is -0.605. The highest BCUT2D eigenvalue weighted by Gasteiger charge is 2.31. The number of hydrogen-bond donors (Lipinski definition) is 1. The van der Waals surface area contributed by atoms with Gasteiger partial charge < -0.3 is 14.7 Å². The van der Waals surface area contributed by atoms with Gasteiger partial charge in [0.15, 0.2) is 0 Å². The first-order valence-corrected chi connectivity index (χ1v) is 8.39. The molecule has 2 aliphatic heterocycles. The number of hydrogen-bond acceptors (Lipinski definition) is 5. The maximum Gasteiger partial charge on any atom is 0.335 e. The van der Waals surface area contributed by atoms with E-state index in [1.807, 2.05) is 0 Å². The zero-order valence-electron chi connectivity index (χ0n) is 13.7. The van der Waals surface area contributed by atoms with Gasteiger partial charge in [0, 0.05) is 37.4 Å². The van der Waals surface area contributed by atoms with E-state index in [4.69, 9.17) is 9.84 Å². The van der Waals surface area contributed by atoms with E-state index in [0.29, 0.717) is 19.0 Å². The first-order chi connectivity index (χ1) is 12.0. The van der Waals surface area contributed by atoms with Crippen LogP contribution in [0.1, 0.15) is 46.4 Å². The number of nitrogens with zero attached hydrogens (tertiary/aromatic N) is 2. The maximum absolute atomic E-state index is 12.7. The molecular weight excluding hydrogens is 328 g/mol. The zero-order valence-corrected chi connectivity index (χ0v) is 13.7. The molecule has 134 valence electrons. The third-order valence-corrected chi connectivity index (χ3v) is 4.94. The number of ether oxygens (including phenoxy) is 1. The number of carboxylic acids is 1. The molecule has 2 aliphatic rings. The minimum Gasteiger partial charge on any atom is -0.478 e. The van der Waals surface area contributed by atoms with Crippen molar-refractivity contribution in [2.45, 2.75) is 31.8 Å². The highest BCUT2D eigenvalue weighted by molar-refractivity contribution is 5.98. The van der Waals surface area contributed by atoms with E-state index in [1.165, 1.54) is 6.07 Å². The first-order valence-electron chi connectivity index (χ1n) is 8.39. The number of nitro groups is 1. The predicted octanol–water partition coefficient (Wildman–Crippen LogP) is 2.32. The van der Waals surface area contributed by atoms with Crippen molar-refractivity contribution in [2.24, 2.45) is 5.92 Å². The van der Waals surface area contributed by atoms with E-state index >= 15 is 0 Å². The van der Waals surface area contributed by atoms with Gasteiger partial charge >= 0.3 is 5.97 Å². The van der Waals surface area contributed by atoms with E-state index in [9.17, 15) is 19.7 Å². The van der Waals surface area contributed by atoms with Crippen molar-refractivity contribution in [2.75, 3.05) is 19.7 Å². The molecule has 0 aromatic heterocycles. The van der Waals surface area contributed by atoms with Crippen molar-refractivity contribution in [3.8, 4) is 0 Å². The largest absolute Gasteiger partial charge is 0.478 e. The summed E-state index contributed by atoms with van der Waals surface area (Å²) in [7, 11) is 0. The minimum atomic E-state index is -1.30. The molecule has 8 heteroatoms. The Morgan fingerprint density at radius 2 is 1.84 bits per heavy atom. The Bertz CT molecular complexity index is 658. The molecule has 1 N–H and O–H groups in total. The lowest BCUT2D eigenvalue weighted by atomic mass is 9.89. The van der Waals surface area contributed by atoms with Gasteiger partial charge in [-0.2, -0.15) is 0 Å². The van der Waals surface area contributed by atoms with Crippen molar-refractivity contribution in [1.82, 2.24) is 4.90 Å². The average Bonchev–Trinajstić information content (AvgIpc) is 3.15. The number of amides is 1. The van der Waals surface area contributed by atoms with Gasteiger partial charge in [-0.1, -0.05) is 0 Å². The molecule has 2 fully saturated rings. The van der Waals surface area contributed by atoms with Crippen LogP contribution in [0.15, 0.2) is 18.2 Å². The summed E-state index contributed by atoms with van der Waals surface area (Å²) in [6.45, 7) is 1.90. The molecule has 1 aromatic rings. The monoisotopic (exact) mass is 348 g/mol. The van der Waals surface area contributed by atoms with Crippen LogP contribution in [0, 0.1) is 16.0 Å². The standard InChI is InChI=1S/C17H20N2O6/c20-16(12-8-13(17(21)22)10-14(9-12)19(23)24)18-5-3-11(4-6-18)15-2-1-7-25-15/h8-11,15H,1-7H2,(H,21,22). The Morgan fingerprint density at radius 1 is 1.16 bits per heavy atom. The van der Waals surface area contributed by atoms with Gasteiger partial charge in [0.05, 0.1) is 16.6 Å². The summed E-state index contributed by atoms with van der Waals surface area (Å²) in [6, 6.07) is 3.30. The number of carboxylic acid groups (broad SMARTS) is 1. The third kappa shape index (κ3) is 3.79. The van der Waals surface area contributed by atoms with Gasteiger partial charge in [0.1, 0.15) is 0 Å². The Hall–Kier alpha value is -2.48. The molecule has 8 nitrogen and oxygen atoms in total. The zero-order chi connectivity index (χ0) is 18.0. The summed E-state index contributed by atoms with van der Waals surface area (Å²) < 4.78 is 5.71. The second-order valence-corrected chi connectivity index (χ2v) is 6.51. The average molecular weight is 348 g/mol. The van der Waals surface area contributed by atoms with E-state index in [0.717, 1.165) is 44.4 Å². The fourth-order valence-electron chi connectivity index (χ4n) is 3.59. The molecule has 3 rings (SSSR count). The van der Waals surface area contributed by atoms with Crippen LogP contribution < -0.4 is 0 Å². The van der Waals surface area contributed by atoms with Crippen LogP contribution in [0.2, 0.25) is 0 Å². The number of carbonyl (C=O) groups is 2. The normalized spacial score (nSPS) is 21.3. The first kappa shape index (κ1) is 17.3. The molecule has 0 bridgehead atoms. The van der Waals surface area contributed by atoms with Crippen LogP contribution in [0.3, 0.4) is 0 Å². The molecule has 2 saturated heterocycles. The lowest BCUT2D eigenvalue weighted by molar-refractivity contribution is -0.384. The predicted molar refractivity (Wildman–Crippen MR) is 87.7 cm³/mol. The van der Waals surface area contributed by atoms with Gasteiger partial charge in [0.25, 0.3) is 11.6 Å². The molecule has 1 atom stereocenters. The molecule has 1 aromatic carbocycles.